The highest BCUT2D eigenvalue weighted by atomic mass is 19.1. The van der Waals surface area contributed by atoms with Crippen molar-refractivity contribution in [2.75, 3.05) is 0 Å². The highest BCUT2D eigenvalue weighted by Crippen LogP contribution is 2.31. The van der Waals surface area contributed by atoms with Crippen LogP contribution in [-0.2, 0) is 0 Å². The lowest BCUT2D eigenvalue weighted by Crippen LogP contribution is -2.14. The van der Waals surface area contributed by atoms with E-state index in [1.54, 1.807) is 19.1 Å². The molecule has 0 bridgehead atoms. The Labute approximate surface area is 120 Å². The first-order valence-corrected chi connectivity index (χ1v) is 6.14. The summed E-state index contributed by atoms with van der Waals surface area (Å²) in [5.41, 5.74) is 6.89. The molecular weight excluding hydrogens is 278 g/mol. The molecule has 2 aromatic carbocycles. The van der Waals surface area contributed by atoms with E-state index in [1.807, 2.05) is 13.0 Å². The number of rotatable bonds is 3. The second-order valence-electron chi connectivity index (χ2n) is 4.63. The van der Waals surface area contributed by atoms with E-state index in [0.717, 1.165) is 23.3 Å². The largest absolute Gasteiger partial charge is 0.451 e. The van der Waals surface area contributed by atoms with Gasteiger partial charge in [0.05, 0.1) is 0 Å². The zero-order valence-corrected chi connectivity index (χ0v) is 11.5. The monoisotopic (exact) mass is 292 g/mol. The molecule has 0 aliphatic rings. The summed E-state index contributed by atoms with van der Waals surface area (Å²) < 4.78 is 33.3. The molecule has 0 saturated carbocycles. The molecule has 0 heterocycles. The Morgan fingerprint density at radius 1 is 1.14 bits per heavy atom. The van der Waals surface area contributed by atoms with Gasteiger partial charge in [-0.3, -0.25) is 0 Å². The number of amidine groups is 1. The number of aryl methyl sites for hydroxylation is 2. The predicted molar refractivity (Wildman–Crippen MR) is 74.9 cm³/mol. The van der Waals surface area contributed by atoms with E-state index in [2.05, 4.69) is 5.16 Å². The highest BCUT2D eigenvalue weighted by molar-refractivity contribution is 5.97. The van der Waals surface area contributed by atoms with E-state index in [9.17, 15) is 8.78 Å². The summed E-state index contributed by atoms with van der Waals surface area (Å²) in [5.74, 6) is -2.41. The molecule has 0 unspecified atom stereocenters. The topological polar surface area (TPSA) is 67.8 Å². The number of halogens is 2. The molecule has 0 aliphatic carbocycles. The molecule has 0 aromatic heterocycles. The Balaban J connectivity index is 2.43. The fourth-order valence-electron chi connectivity index (χ4n) is 1.79. The third kappa shape index (κ3) is 3.10. The Morgan fingerprint density at radius 3 is 2.33 bits per heavy atom. The molecule has 0 fully saturated rings. The molecule has 0 spiro atoms. The lowest BCUT2D eigenvalue weighted by molar-refractivity contribution is 0.318. The van der Waals surface area contributed by atoms with Crippen molar-refractivity contribution >= 4 is 5.84 Å². The number of hydrogen-bond acceptors (Lipinski definition) is 3. The lowest BCUT2D eigenvalue weighted by Gasteiger charge is -2.12. The quantitative estimate of drug-likeness (QED) is 0.394. The smallest absolute Gasteiger partial charge is 0.198 e. The number of benzene rings is 2. The number of ether oxygens (including phenoxy) is 1. The molecule has 0 aliphatic heterocycles. The summed E-state index contributed by atoms with van der Waals surface area (Å²) in [7, 11) is 0. The van der Waals surface area contributed by atoms with E-state index in [0.29, 0.717) is 5.75 Å². The summed E-state index contributed by atoms with van der Waals surface area (Å²) in [4.78, 5) is 0. The zero-order chi connectivity index (χ0) is 15.6. The van der Waals surface area contributed by atoms with Gasteiger partial charge < -0.3 is 15.7 Å². The second kappa shape index (κ2) is 5.78. The molecule has 0 saturated heterocycles. The fourth-order valence-corrected chi connectivity index (χ4v) is 1.79. The van der Waals surface area contributed by atoms with Gasteiger partial charge in [-0.1, -0.05) is 17.3 Å². The van der Waals surface area contributed by atoms with Gasteiger partial charge in [-0.25, -0.2) is 8.78 Å². The van der Waals surface area contributed by atoms with Gasteiger partial charge in [0.2, 0.25) is 0 Å². The van der Waals surface area contributed by atoms with Gasteiger partial charge in [0.25, 0.3) is 0 Å². The molecule has 2 aromatic rings. The van der Waals surface area contributed by atoms with Crippen molar-refractivity contribution in [3.63, 3.8) is 0 Å². The summed E-state index contributed by atoms with van der Waals surface area (Å²) in [6.07, 6.45) is 0. The molecule has 6 heteroatoms. The van der Waals surface area contributed by atoms with Gasteiger partial charge in [-0.15, -0.1) is 0 Å². The van der Waals surface area contributed by atoms with Crippen LogP contribution in [0.15, 0.2) is 35.5 Å². The van der Waals surface area contributed by atoms with Crippen LogP contribution in [0.1, 0.15) is 16.7 Å². The SMILES string of the molecule is Cc1ccc(C)c(Oc2c(F)cc(/C(N)=N/O)cc2F)c1. The predicted octanol–water partition coefficient (Wildman–Crippen LogP) is 3.47. The van der Waals surface area contributed by atoms with Crippen LogP contribution in [0.25, 0.3) is 0 Å². The average Bonchev–Trinajstić information content (AvgIpc) is 2.45. The van der Waals surface area contributed by atoms with Crippen molar-refractivity contribution in [1.29, 1.82) is 0 Å². The molecular formula is C15H14F2N2O2. The first-order chi connectivity index (χ1) is 9.92. The number of nitrogens with zero attached hydrogens (tertiary/aromatic N) is 1. The minimum absolute atomic E-state index is 0.0687. The normalized spacial score (nSPS) is 11.5. The maximum atomic E-state index is 14.0. The Bertz CT molecular complexity index is 692. The first-order valence-electron chi connectivity index (χ1n) is 6.14. The molecule has 0 amide bonds. The standard InChI is InChI=1S/C15H14F2N2O2/c1-8-3-4-9(2)13(5-8)21-14-11(16)6-10(7-12(14)17)15(18)19-20/h3-7,20H,1-2H3,(H2,18,19). The van der Waals surface area contributed by atoms with Gasteiger partial charge >= 0.3 is 0 Å². The Hall–Kier alpha value is -2.63. The summed E-state index contributed by atoms with van der Waals surface area (Å²) in [5, 5.41) is 11.2. The molecule has 110 valence electrons. The van der Waals surface area contributed by atoms with Gasteiger partial charge in [-0.2, -0.15) is 0 Å². The minimum atomic E-state index is -0.933. The summed E-state index contributed by atoms with van der Waals surface area (Å²) in [6.45, 7) is 3.62. The minimum Gasteiger partial charge on any atom is -0.451 e. The van der Waals surface area contributed by atoms with Crippen molar-refractivity contribution in [2.45, 2.75) is 13.8 Å². The van der Waals surface area contributed by atoms with Crippen molar-refractivity contribution in [3.05, 3.63) is 58.7 Å². The molecule has 0 radical (unpaired) electrons. The van der Waals surface area contributed by atoms with Crippen LogP contribution >= 0.6 is 0 Å². The number of oxime groups is 1. The summed E-state index contributed by atoms with van der Waals surface area (Å²) >= 11 is 0. The maximum absolute atomic E-state index is 14.0. The Kier molecular flexibility index (Phi) is 4.07. The van der Waals surface area contributed by atoms with Crippen molar-refractivity contribution in [2.24, 2.45) is 10.9 Å². The van der Waals surface area contributed by atoms with Crippen LogP contribution in [0.4, 0.5) is 8.78 Å². The zero-order valence-electron chi connectivity index (χ0n) is 11.5. The van der Waals surface area contributed by atoms with Crippen molar-refractivity contribution in [3.8, 4) is 11.5 Å². The molecule has 3 N–H and O–H groups in total. The fraction of sp³-hybridized carbons (Fsp3) is 0.133. The van der Waals surface area contributed by atoms with E-state index in [4.69, 9.17) is 15.7 Å². The van der Waals surface area contributed by atoms with Gasteiger partial charge in [0.1, 0.15) is 5.75 Å². The van der Waals surface area contributed by atoms with E-state index < -0.39 is 17.4 Å². The van der Waals surface area contributed by atoms with E-state index >= 15 is 0 Å². The van der Waals surface area contributed by atoms with Crippen molar-refractivity contribution in [1.82, 2.24) is 0 Å². The first kappa shape index (κ1) is 14.8. The van der Waals surface area contributed by atoms with Crippen LogP contribution < -0.4 is 10.5 Å². The number of nitrogens with two attached hydrogens (primary N) is 1. The van der Waals surface area contributed by atoms with Gasteiger partial charge in [-0.05, 0) is 43.2 Å². The Morgan fingerprint density at radius 2 is 1.76 bits per heavy atom. The van der Waals surface area contributed by atoms with Crippen molar-refractivity contribution < 1.29 is 18.7 Å². The van der Waals surface area contributed by atoms with Crippen LogP contribution in [0.2, 0.25) is 0 Å². The molecule has 2 rings (SSSR count). The van der Waals surface area contributed by atoms with E-state index in [1.165, 1.54) is 0 Å². The van der Waals surface area contributed by atoms with Crippen LogP contribution in [0.3, 0.4) is 0 Å². The third-order valence-electron chi connectivity index (χ3n) is 2.96. The van der Waals surface area contributed by atoms with Gasteiger partial charge in [0.15, 0.2) is 23.2 Å². The third-order valence-corrected chi connectivity index (χ3v) is 2.96. The van der Waals surface area contributed by atoms with Gasteiger partial charge in [0, 0.05) is 5.56 Å². The van der Waals surface area contributed by atoms with Crippen LogP contribution in [-0.4, -0.2) is 11.0 Å². The lowest BCUT2D eigenvalue weighted by atomic mass is 10.1. The maximum Gasteiger partial charge on any atom is 0.198 e. The average molecular weight is 292 g/mol. The molecule has 0 atom stereocenters. The highest BCUT2D eigenvalue weighted by Gasteiger charge is 2.16. The molecule has 4 nitrogen and oxygen atoms in total. The summed E-state index contributed by atoms with van der Waals surface area (Å²) in [6, 6.07) is 7.24. The molecule has 21 heavy (non-hydrogen) atoms. The van der Waals surface area contributed by atoms with Crippen LogP contribution in [0, 0.1) is 25.5 Å². The second-order valence-corrected chi connectivity index (χ2v) is 4.63. The van der Waals surface area contributed by atoms with E-state index in [-0.39, 0.29) is 11.4 Å². The number of hydrogen-bond donors (Lipinski definition) is 2. The van der Waals surface area contributed by atoms with Crippen LogP contribution in [0.5, 0.6) is 11.5 Å².